The van der Waals surface area contributed by atoms with Crippen molar-refractivity contribution in [2.45, 2.75) is 0 Å². The Hall–Kier alpha value is -19.4. The molecule has 26 aromatic rings. The average molecular weight is 1830 g/mol. The van der Waals surface area contributed by atoms with E-state index in [1.807, 2.05) is 110 Å². The van der Waals surface area contributed by atoms with E-state index >= 15 is 0 Å². The number of hydrogen-bond donors (Lipinski definition) is 0. The quantitative estimate of drug-likeness (QED) is 0.0824. The largest absolute Gasteiger partial charge is 0.265 e. The lowest BCUT2D eigenvalue weighted by Gasteiger charge is -2.11. The molecule has 0 unspecified atom stereocenters. The average Bonchev–Trinajstić information content (AvgIpc) is 1.64. The first-order valence-corrected chi connectivity index (χ1v) is 47.9. The smallest absolute Gasteiger partial charge is 0.121 e. The van der Waals surface area contributed by atoms with Gasteiger partial charge in [0.1, 0.15) is 33.1 Å². The zero-order valence-corrected chi connectivity index (χ0v) is 77.7. The van der Waals surface area contributed by atoms with E-state index in [-0.39, 0.29) is 0 Å². The van der Waals surface area contributed by atoms with E-state index < -0.39 is 0 Å². The van der Waals surface area contributed by atoms with E-state index in [1.165, 1.54) is 88.3 Å². The third-order valence-electron chi connectivity index (χ3n) is 26.6. The molecule has 6 heterocycles. The second-order valence-corrected chi connectivity index (χ2v) is 35.5. The first-order valence-electron chi connectivity index (χ1n) is 47.9. The highest BCUT2D eigenvalue weighted by Gasteiger charge is 2.22. The van der Waals surface area contributed by atoms with Crippen LogP contribution >= 0.6 is 0 Å². The minimum absolute atomic E-state index is 0.840. The van der Waals surface area contributed by atoms with Crippen LogP contribution in [-0.2, 0) is 0 Å². The Morgan fingerprint density at radius 1 is 0.133 bits per heavy atom. The van der Waals surface area contributed by atoms with Crippen molar-refractivity contribution in [1.82, 2.24) is 59.9 Å². The van der Waals surface area contributed by atoms with Crippen LogP contribution in [0.25, 0.3) is 239 Å². The highest BCUT2D eigenvalue weighted by Crippen LogP contribution is 2.43. The van der Waals surface area contributed by atoms with Crippen molar-refractivity contribution >= 4 is 54.6 Å². The summed E-state index contributed by atoms with van der Waals surface area (Å²) in [5, 5.41) is 35.3. The molecule has 20 aromatic carbocycles. The Bertz CT molecular complexity index is 8690. The van der Waals surface area contributed by atoms with Crippen LogP contribution in [-0.4, -0.2) is 59.9 Å². The van der Waals surface area contributed by atoms with Gasteiger partial charge in [-0.15, -0.1) is 30.6 Å². The van der Waals surface area contributed by atoms with Crippen LogP contribution in [0, 0.1) is 0 Å². The predicted octanol–water partition coefficient (Wildman–Crippen LogP) is 32.8. The minimum Gasteiger partial charge on any atom is -0.265 e. The van der Waals surface area contributed by atoms with Gasteiger partial charge in [-0.05, 0) is 269 Å². The molecule has 6 aromatic heterocycles. The summed E-state index contributed by atoms with van der Waals surface area (Å²) in [6, 6.07) is 175. The Morgan fingerprint density at radius 2 is 0.385 bits per heavy atom. The van der Waals surface area contributed by atoms with Gasteiger partial charge in [0.05, 0.1) is 17.1 Å². The van der Waals surface area contributed by atoms with Gasteiger partial charge in [0.2, 0.25) is 0 Å². The van der Waals surface area contributed by atoms with E-state index in [0.29, 0.717) is 0 Å². The lowest BCUT2D eigenvalue weighted by Crippen LogP contribution is -1.98. The van der Waals surface area contributed by atoms with Gasteiger partial charge in [-0.3, -0.25) is 15.0 Å². The molecule has 12 nitrogen and oxygen atoms in total. The van der Waals surface area contributed by atoms with Crippen LogP contribution < -0.4 is 0 Å². The standard InChI is InChI=1S/C49H32N4.2C41H28N4/c1-3-11-43-36(7-1)9-5-13-45(43)38-17-15-34(16-18-38)41-31-47(40-21-19-39(20-22-40)46-14-6-10-37-8-2-4-12-44(37)46)49-48(32-41)51-53(52-49)42-25-23-33(24-26-42)35-27-29-50-30-28-35;1-3-9-29(10-4-1)31-16-18-33(19-17-31)37-26-39(34-22-20-32(21-23-34)30-11-5-2-6-12-30)41-40(27-37)43-45(44-41)38-15-7-13-35(25-38)36-14-8-24-42-28-36;1-3-8-29(9-4-1)31-14-16-33(17-15-31)37-27-39(35-20-18-32(19-21-35)30-10-5-2-6-11-30)41-40(28-37)43-45(44-41)38-13-7-12-36(26-38)34-22-24-42-25-23-34/h1-32H;2*1-28H. The Kier molecular flexibility index (Phi) is 23.6. The number of pyridine rings is 3. The summed E-state index contributed by atoms with van der Waals surface area (Å²) < 4.78 is 0. The van der Waals surface area contributed by atoms with Gasteiger partial charge in [0.15, 0.2) is 0 Å². The second-order valence-electron chi connectivity index (χ2n) is 35.5. The molecule has 0 aliphatic heterocycles. The van der Waals surface area contributed by atoms with Crippen molar-refractivity contribution in [2.24, 2.45) is 0 Å². The van der Waals surface area contributed by atoms with E-state index in [9.17, 15) is 0 Å². The number of aromatic nitrogens is 12. The van der Waals surface area contributed by atoms with E-state index in [4.69, 9.17) is 30.6 Å². The number of benzene rings is 20. The molecule has 672 valence electrons. The van der Waals surface area contributed by atoms with Crippen molar-refractivity contribution in [3.63, 3.8) is 0 Å². The molecule has 0 atom stereocenters. The summed E-state index contributed by atoms with van der Waals surface area (Å²) in [6.45, 7) is 0. The lowest BCUT2D eigenvalue weighted by atomic mass is 9.93. The van der Waals surface area contributed by atoms with Gasteiger partial charge in [0.25, 0.3) is 0 Å². The molecule has 0 aliphatic rings. The first-order chi connectivity index (χ1) is 70.8. The number of fused-ring (bicyclic) bond motifs is 5. The van der Waals surface area contributed by atoms with Gasteiger partial charge in [0, 0.05) is 59.4 Å². The Morgan fingerprint density at radius 3 is 0.727 bits per heavy atom. The van der Waals surface area contributed by atoms with Crippen LogP contribution in [0.5, 0.6) is 0 Å². The second kappa shape index (κ2) is 39.0. The molecule has 12 heteroatoms. The lowest BCUT2D eigenvalue weighted by molar-refractivity contribution is 0.766. The van der Waals surface area contributed by atoms with Crippen molar-refractivity contribution in [1.29, 1.82) is 0 Å². The summed E-state index contributed by atoms with van der Waals surface area (Å²) in [7, 11) is 0. The third-order valence-corrected chi connectivity index (χ3v) is 26.6. The number of rotatable bonds is 18. The summed E-state index contributed by atoms with van der Waals surface area (Å²) in [6.07, 6.45) is 10.9. The van der Waals surface area contributed by atoms with Gasteiger partial charge in [-0.1, -0.05) is 394 Å². The summed E-state index contributed by atoms with van der Waals surface area (Å²) in [5.41, 5.74) is 41.8. The molecular formula is C131H88N12. The molecule has 0 spiro atoms. The molecule has 0 fully saturated rings. The van der Waals surface area contributed by atoms with Crippen molar-refractivity contribution in [3.8, 4) is 184 Å². The summed E-state index contributed by atoms with van der Waals surface area (Å²) >= 11 is 0. The van der Waals surface area contributed by atoms with Crippen LogP contribution in [0.3, 0.4) is 0 Å². The molecule has 0 radical (unpaired) electrons. The normalized spacial score (nSPS) is 11.2. The third kappa shape index (κ3) is 18.2. The zero-order valence-electron chi connectivity index (χ0n) is 77.7. The maximum absolute atomic E-state index is 5.10. The zero-order chi connectivity index (χ0) is 95.1. The topological polar surface area (TPSA) is 131 Å². The molecule has 0 saturated carbocycles. The van der Waals surface area contributed by atoms with Crippen LogP contribution in [0.2, 0.25) is 0 Å². The van der Waals surface area contributed by atoms with Gasteiger partial charge in [-0.2, -0.15) is 14.4 Å². The van der Waals surface area contributed by atoms with E-state index in [2.05, 4.69) is 434 Å². The molecule has 0 aliphatic carbocycles. The van der Waals surface area contributed by atoms with Crippen molar-refractivity contribution < 1.29 is 0 Å². The van der Waals surface area contributed by atoms with Crippen LogP contribution in [0.1, 0.15) is 0 Å². The fourth-order valence-electron chi connectivity index (χ4n) is 19.1. The number of hydrogen-bond acceptors (Lipinski definition) is 9. The van der Waals surface area contributed by atoms with E-state index in [0.717, 1.165) is 150 Å². The van der Waals surface area contributed by atoms with Gasteiger partial charge >= 0.3 is 0 Å². The SMILES string of the molecule is c1ccc(-c2ccc(-c3cc(-c4ccc(-c5ccccc5)cc4)c4nn(-c5cccc(-c6cccnc6)c5)nc4c3)cc2)cc1.c1ccc(-c2ccc(-c3cc(-c4ccc(-c5ccccc5)cc4)c4nn(-c5cccc(-c6ccncc6)c5)nc4c3)cc2)cc1.c1ccc2c(-c3ccc(-c4cc(-c5ccc(-c6cccc7ccccc67)cc5)c5nn(-c6ccc(-c7ccncc7)cc6)nc5c4)cc3)cccc2c1. The fourth-order valence-corrected chi connectivity index (χ4v) is 19.1. The van der Waals surface area contributed by atoms with Gasteiger partial charge in [-0.25, -0.2) is 0 Å². The Balaban J connectivity index is 0.000000116. The van der Waals surface area contributed by atoms with Crippen LogP contribution in [0.4, 0.5) is 0 Å². The summed E-state index contributed by atoms with van der Waals surface area (Å²) in [4.78, 5) is 17.9. The fraction of sp³-hybridized carbons (Fsp3) is 0. The molecule has 26 rings (SSSR count). The molecular weight excluding hydrogens is 1740 g/mol. The molecule has 143 heavy (non-hydrogen) atoms. The van der Waals surface area contributed by atoms with Crippen molar-refractivity contribution in [2.75, 3.05) is 0 Å². The molecule has 0 bridgehead atoms. The summed E-state index contributed by atoms with van der Waals surface area (Å²) in [5.74, 6) is 0. The van der Waals surface area contributed by atoms with Crippen molar-refractivity contribution in [3.05, 3.63) is 535 Å². The Labute approximate surface area is 827 Å². The monoisotopic (exact) mass is 1830 g/mol. The maximum Gasteiger partial charge on any atom is 0.121 e. The maximum atomic E-state index is 5.10. The predicted molar refractivity (Wildman–Crippen MR) is 587 cm³/mol. The van der Waals surface area contributed by atoms with Crippen LogP contribution in [0.15, 0.2) is 535 Å². The first kappa shape index (κ1) is 86.4. The molecule has 0 N–H and O–H groups in total. The highest BCUT2D eigenvalue weighted by molar-refractivity contribution is 6.02. The van der Waals surface area contributed by atoms with Gasteiger partial charge < -0.3 is 0 Å². The minimum atomic E-state index is 0.840. The molecule has 0 saturated heterocycles. The number of nitrogens with zero attached hydrogens (tertiary/aromatic N) is 12. The van der Waals surface area contributed by atoms with E-state index in [1.54, 1.807) is 20.6 Å². The molecule has 0 amide bonds. The highest BCUT2D eigenvalue weighted by atomic mass is 15.5.